The Morgan fingerprint density at radius 3 is 1.76 bits per heavy atom. The Morgan fingerprint density at radius 1 is 1.00 bits per heavy atom. The predicted molar refractivity (Wildman–Crippen MR) is 116 cm³/mol. The van der Waals surface area contributed by atoms with Crippen molar-refractivity contribution in [3.05, 3.63) is 43.0 Å². The molecule has 7 nitrogen and oxygen atoms in total. The molecule has 0 aliphatic heterocycles. The van der Waals surface area contributed by atoms with E-state index in [2.05, 4.69) is 13.2 Å². The van der Waals surface area contributed by atoms with Crippen LogP contribution in [0.3, 0.4) is 0 Å². The molecule has 29 heavy (non-hydrogen) atoms. The van der Waals surface area contributed by atoms with Crippen LogP contribution in [0.25, 0.3) is 0 Å². The van der Waals surface area contributed by atoms with Crippen LogP contribution in [0, 0.1) is 5.92 Å². The van der Waals surface area contributed by atoms with Crippen LogP contribution in [0.5, 0.6) is 5.75 Å². The Hall–Kier alpha value is -1.74. The third-order valence-corrected chi connectivity index (χ3v) is 3.88. The summed E-state index contributed by atoms with van der Waals surface area (Å²) in [6, 6.07) is 6.46. The summed E-state index contributed by atoms with van der Waals surface area (Å²) in [6.07, 6.45) is -0.114. The minimum Gasteiger partial charge on any atom is -0.497 e. The third kappa shape index (κ3) is 14.0. The highest BCUT2D eigenvalue weighted by atomic mass is 32.2. The highest BCUT2D eigenvalue weighted by Gasteiger charge is 2.28. The normalized spacial score (nSPS) is 11.8. The van der Waals surface area contributed by atoms with E-state index in [1.807, 2.05) is 20.8 Å². The van der Waals surface area contributed by atoms with Gasteiger partial charge in [-0.15, -0.1) is 13.2 Å². The van der Waals surface area contributed by atoms with E-state index < -0.39 is 16.2 Å². The summed E-state index contributed by atoms with van der Waals surface area (Å²) in [7, 11) is -2.15. The molecule has 0 fully saturated rings. The predicted octanol–water partition coefficient (Wildman–Crippen LogP) is 4.09. The first-order chi connectivity index (χ1) is 13.6. The molecule has 168 valence electrons. The minimum absolute atomic E-state index is 0.0370. The zero-order valence-electron chi connectivity index (χ0n) is 18.6. The second kappa shape index (κ2) is 16.1. The van der Waals surface area contributed by atoms with E-state index >= 15 is 0 Å². The van der Waals surface area contributed by atoms with Gasteiger partial charge in [-0.25, -0.2) is 0 Å². The van der Waals surface area contributed by atoms with Crippen LogP contribution in [0.15, 0.2) is 37.4 Å². The van der Waals surface area contributed by atoms with Crippen molar-refractivity contribution in [1.29, 1.82) is 0 Å². The smallest absolute Gasteiger partial charge is 0.265 e. The number of methoxy groups -OCH3 is 1. The highest BCUT2D eigenvalue weighted by molar-refractivity contribution is 7.86. The fraction of sp³-hybridized carbons (Fsp3) is 0.571. The zero-order chi connectivity index (χ0) is 23.0. The summed E-state index contributed by atoms with van der Waals surface area (Å²) < 4.78 is 42.4. The number of hydrogen-bond acceptors (Lipinski definition) is 7. The van der Waals surface area contributed by atoms with Crippen molar-refractivity contribution in [2.45, 2.75) is 47.0 Å². The molecule has 1 aromatic rings. The lowest BCUT2D eigenvalue weighted by Crippen LogP contribution is -2.32. The molecule has 0 saturated carbocycles. The second-order valence-corrected chi connectivity index (χ2v) is 7.64. The first kappa shape index (κ1) is 29.5. The largest absolute Gasteiger partial charge is 0.497 e. The zero-order valence-corrected chi connectivity index (χ0v) is 19.5. The van der Waals surface area contributed by atoms with Gasteiger partial charge in [-0.2, -0.15) is 8.42 Å². The summed E-state index contributed by atoms with van der Waals surface area (Å²) in [5.74, 6) is 0.0223. The number of benzene rings is 1. The van der Waals surface area contributed by atoms with E-state index in [4.69, 9.17) is 18.4 Å². The fourth-order valence-electron chi connectivity index (χ4n) is 2.08. The van der Waals surface area contributed by atoms with Gasteiger partial charge in [0.2, 0.25) is 0 Å². The molecule has 1 rings (SSSR count). The molecule has 0 N–H and O–H groups in total. The maximum absolute atomic E-state index is 12.2. The number of hydrogen-bond donors (Lipinski definition) is 0. The summed E-state index contributed by atoms with van der Waals surface area (Å²) >= 11 is 0. The van der Waals surface area contributed by atoms with E-state index in [-0.39, 0.29) is 18.0 Å². The van der Waals surface area contributed by atoms with E-state index in [0.29, 0.717) is 11.3 Å². The Balaban J connectivity index is 0. The Labute approximate surface area is 176 Å². The van der Waals surface area contributed by atoms with Gasteiger partial charge < -0.3 is 14.2 Å². The van der Waals surface area contributed by atoms with Crippen LogP contribution in [-0.2, 0) is 23.8 Å². The summed E-state index contributed by atoms with van der Waals surface area (Å²) in [5, 5.41) is 0. The number of carbonyl (C=O) groups excluding carboxylic acids is 1. The van der Waals surface area contributed by atoms with Crippen LogP contribution < -0.4 is 4.74 Å². The summed E-state index contributed by atoms with van der Waals surface area (Å²) in [5.41, 5.74) is 0.392. The van der Waals surface area contributed by atoms with Crippen LogP contribution in [0.2, 0.25) is 0 Å². The third-order valence-electron chi connectivity index (χ3n) is 3.32. The Kier molecular flexibility index (Phi) is 16.4. The van der Waals surface area contributed by atoms with Gasteiger partial charge in [-0.05, 0) is 51.0 Å². The Morgan fingerprint density at radius 2 is 1.45 bits per heavy atom. The monoisotopic (exact) mass is 432 g/mol. The fourth-order valence-corrected chi connectivity index (χ4v) is 2.77. The molecule has 0 aromatic heterocycles. The topological polar surface area (TPSA) is 88.1 Å². The van der Waals surface area contributed by atoms with Crippen molar-refractivity contribution in [1.82, 2.24) is 0 Å². The quantitative estimate of drug-likeness (QED) is 0.238. The van der Waals surface area contributed by atoms with Crippen LogP contribution in [0.1, 0.15) is 45.0 Å². The minimum atomic E-state index is -3.68. The van der Waals surface area contributed by atoms with Gasteiger partial charge in [0.05, 0.1) is 13.4 Å². The molecule has 1 aromatic carbocycles. The first-order valence-corrected chi connectivity index (χ1v) is 11.2. The van der Waals surface area contributed by atoms with Crippen molar-refractivity contribution in [3.8, 4) is 5.75 Å². The van der Waals surface area contributed by atoms with E-state index in [0.717, 1.165) is 19.5 Å². The molecule has 0 bridgehead atoms. The Bertz CT molecular complexity index is 648. The molecule has 0 aliphatic carbocycles. The maximum Gasteiger partial charge on any atom is 0.265 e. The molecule has 0 aliphatic rings. The van der Waals surface area contributed by atoms with Gasteiger partial charge in [-0.1, -0.05) is 13.8 Å². The van der Waals surface area contributed by atoms with Gasteiger partial charge in [0.1, 0.15) is 11.9 Å². The standard InChI is InChI=1S/C13H18O5S.C6H14O2.C2H4/c1-9(2)13(18-19(4,15)16)12(14)10-5-7-11(17-3)8-6-10;1-4-7-6(3)8-5-2;1-2/h5-9,13H,1-4H3;6H,4-5H2,1-3H3;1-2H2. The lowest BCUT2D eigenvalue weighted by atomic mass is 9.98. The van der Waals surface area contributed by atoms with E-state index in [1.165, 1.54) is 7.11 Å². The molecule has 0 amide bonds. The van der Waals surface area contributed by atoms with Gasteiger partial charge in [-0.3, -0.25) is 8.98 Å². The average molecular weight is 433 g/mol. The summed E-state index contributed by atoms with van der Waals surface area (Å²) in [6.45, 7) is 16.7. The molecule has 0 heterocycles. The molecule has 0 radical (unpaired) electrons. The number of carbonyl (C=O) groups is 1. The number of ether oxygens (including phenoxy) is 3. The van der Waals surface area contributed by atoms with Crippen LogP contribution in [-0.4, -0.2) is 53.2 Å². The number of ketones is 1. The van der Waals surface area contributed by atoms with Gasteiger partial charge in [0.15, 0.2) is 12.1 Å². The highest BCUT2D eigenvalue weighted by Crippen LogP contribution is 2.18. The molecule has 0 saturated heterocycles. The van der Waals surface area contributed by atoms with Crippen LogP contribution >= 0.6 is 0 Å². The lowest BCUT2D eigenvalue weighted by molar-refractivity contribution is -0.123. The molecule has 1 unspecified atom stereocenters. The van der Waals surface area contributed by atoms with E-state index in [1.54, 1.807) is 38.1 Å². The second-order valence-electron chi connectivity index (χ2n) is 6.04. The first-order valence-electron chi connectivity index (χ1n) is 9.35. The van der Waals surface area contributed by atoms with Gasteiger partial charge in [0.25, 0.3) is 10.1 Å². The van der Waals surface area contributed by atoms with Gasteiger partial charge in [0, 0.05) is 18.8 Å². The van der Waals surface area contributed by atoms with Crippen LogP contribution in [0.4, 0.5) is 0 Å². The molecule has 0 spiro atoms. The number of rotatable bonds is 10. The van der Waals surface area contributed by atoms with Crippen molar-refractivity contribution in [2.75, 3.05) is 26.6 Å². The molecule has 8 heteroatoms. The maximum atomic E-state index is 12.2. The van der Waals surface area contributed by atoms with Gasteiger partial charge >= 0.3 is 0 Å². The van der Waals surface area contributed by atoms with Crippen molar-refractivity contribution < 1.29 is 31.6 Å². The number of Topliss-reactive ketones (excluding diaryl/α,β-unsaturated/α-hetero) is 1. The summed E-state index contributed by atoms with van der Waals surface area (Å²) in [4.78, 5) is 12.2. The van der Waals surface area contributed by atoms with Crippen molar-refractivity contribution >= 4 is 15.9 Å². The molecular weight excluding hydrogens is 396 g/mol. The van der Waals surface area contributed by atoms with Crippen molar-refractivity contribution in [3.63, 3.8) is 0 Å². The van der Waals surface area contributed by atoms with E-state index in [9.17, 15) is 13.2 Å². The van der Waals surface area contributed by atoms with Crippen molar-refractivity contribution in [2.24, 2.45) is 5.92 Å². The average Bonchev–Trinajstić information content (AvgIpc) is 2.67. The SMILES string of the molecule is C=C.CCOC(C)OCC.COc1ccc(C(=O)C(OS(C)(=O)=O)C(C)C)cc1. The lowest BCUT2D eigenvalue weighted by Gasteiger charge is -2.18. The molecular formula is C21H36O7S. The molecule has 1 atom stereocenters.